The smallest absolute Gasteiger partial charge is 0.338 e. The molecular formula is C27H19F3N4O. The normalized spacial score (nSPS) is 11.5. The topological polar surface area (TPSA) is 70.7 Å². The molecule has 0 saturated carbocycles. The van der Waals surface area contributed by atoms with Crippen LogP contribution in [0.1, 0.15) is 21.5 Å². The minimum Gasteiger partial charge on any atom is -0.338 e. The van der Waals surface area contributed by atoms with E-state index in [1.54, 1.807) is 18.2 Å². The van der Waals surface area contributed by atoms with E-state index >= 15 is 0 Å². The number of carbonyl (C=O) groups is 1. The molecule has 5 nitrogen and oxygen atoms in total. The van der Waals surface area contributed by atoms with E-state index in [1.165, 1.54) is 0 Å². The zero-order chi connectivity index (χ0) is 24.6. The van der Waals surface area contributed by atoms with Crippen molar-refractivity contribution in [3.05, 3.63) is 102 Å². The number of carbonyl (C=O) groups excluding carboxylic acids is 1. The van der Waals surface area contributed by atoms with Gasteiger partial charge in [-0.3, -0.25) is 9.78 Å². The number of aromatic nitrogens is 3. The van der Waals surface area contributed by atoms with Gasteiger partial charge < -0.3 is 10.3 Å². The Labute approximate surface area is 198 Å². The lowest BCUT2D eigenvalue weighted by Gasteiger charge is -2.13. The number of benzene rings is 3. The van der Waals surface area contributed by atoms with Crippen molar-refractivity contribution in [1.29, 1.82) is 0 Å². The number of nitrogens with zero attached hydrogens (tertiary/aromatic N) is 2. The predicted molar refractivity (Wildman–Crippen MR) is 129 cm³/mol. The standard InChI is InChI=1S/C27H19F3N4O/c1-16-5-2-10-23-24(16)34-25(33-23)19-8-3-6-17(13-19)18-7-4-9-20(14-18)32-26(35)21-15-31-12-11-22(21)27(28,29)30/h2-15H,1H3,(H,32,35)(H,33,34). The number of hydrogen-bond acceptors (Lipinski definition) is 3. The van der Waals surface area contributed by atoms with Gasteiger partial charge in [-0.05, 0) is 53.9 Å². The van der Waals surface area contributed by atoms with Crippen molar-refractivity contribution in [3.8, 4) is 22.5 Å². The van der Waals surface area contributed by atoms with E-state index in [9.17, 15) is 18.0 Å². The minimum absolute atomic E-state index is 0.370. The molecule has 0 atom stereocenters. The second-order valence-corrected chi connectivity index (χ2v) is 8.09. The van der Waals surface area contributed by atoms with Crippen molar-refractivity contribution in [2.24, 2.45) is 0 Å². The first kappa shape index (κ1) is 22.3. The molecule has 2 aromatic heterocycles. The molecule has 3 aromatic carbocycles. The summed E-state index contributed by atoms with van der Waals surface area (Å²) in [7, 11) is 0. The van der Waals surface area contributed by atoms with E-state index in [4.69, 9.17) is 4.98 Å². The highest BCUT2D eigenvalue weighted by Gasteiger charge is 2.35. The van der Waals surface area contributed by atoms with Gasteiger partial charge in [-0.2, -0.15) is 13.2 Å². The Balaban J connectivity index is 1.44. The third-order valence-corrected chi connectivity index (χ3v) is 5.68. The number of rotatable bonds is 4. The largest absolute Gasteiger partial charge is 0.417 e. The van der Waals surface area contributed by atoms with Gasteiger partial charge in [0.15, 0.2) is 0 Å². The minimum atomic E-state index is -4.66. The maximum absolute atomic E-state index is 13.3. The third kappa shape index (κ3) is 4.50. The van der Waals surface area contributed by atoms with Crippen molar-refractivity contribution in [3.63, 3.8) is 0 Å². The second-order valence-electron chi connectivity index (χ2n) is 8.09. The molecule has 2 N–H and O–H groups in total. The Morgan fingerprint density at radius 2 is 1.63 bits per heavy atom. The van der Waals surface area contributed by atoms with Crippen LogP contribution in [-0.2, 0) is 6.18 Å². The van der Waals surface area contributed by atoms with Gasteiger partial charge in [-0.25, -0.2) is 4.98 Å². The number of nitrogens with one attached hydrogen (secondary N) is 2. The molecule has 0 aliphatic carbocycles. The molecule has 35 heavy (non-hydrogen) atoms. The Morgan fingerprint density at radius 1 is 0.914 bits per heavy atom. The monoisotopic (exact) mass is 472 g/mol. The van der Waals surface area contributed by atoms with Crippen LogP contribution in [0.2, 0.25) is 0 Å². The van der Waals surface area contributed by atoms with Crippen LogP contribution in [0.15, 0.2) is 85.2 Å². The van der Waals surface area contributed by atoms with E-state index in [-0.39, 0.29) is 0 Å². The van der Waals surface area contributed by atoms with Crippen LogP contribution in [0.5, 0.6) is 0 Å². The zero-order valence-electron chi connectivity index (χ0n) is 18.5. The molecule has 5 aromatic rings. The van der Waals surface area contributed by atoms with Crippen LogP contribution in [0.4, 0.5) is 18.9 Å². The first-order chi connectivity index (χ1) is 16.8. The van der Waals surface area contributed by atoms with Crippen LogP contribution in [0, 0.1) is 6.92 Å². The number of para-hydroxylation sites is 1. The number of amides is 1. The fraction of sp³-hybridized carbons (Fsp3) is 0.0741. The quantitative estimate of drug-likeness (QED) is 0.300. The van der Waals surface area contributed by atoms with Crippen LogP contribution in [0.25, 0.3) is 33.5 Å². The summed E-state index contributed by atoms with van der Waals surface area (Å²) in [6.07, 6.45) is -2.73. The summed E-state index contributed by atoms with van der Waals surface area (Å²) in [5.74, 6) is -0.147. The van der Waals surface area contributed by atoms with Crippen LogP contribution in [-0.4, -0.2) is 20.9 Å². The summed E-state index contributed by atoms with van der Waals surface area (Å²) in [5.41, 5.74) is 4.28. The number of aromatic amines is 1. The molecule has 0 unspecified atom stereocenters. The second kappa shape index (κ2) is 8.72. The van der Waals surface area contributed by atoms with Gasteiger partial charge in [-0.15, -0.1) is 0 Å². The molecule has 0 bridgehead atoms. The van der Waals surface area contributed by atoms with Crippen LogP contribution >= 0.6 is 0 Å². The zero-order valence-corrected chi connectivity index (χ0v) is 18.5. The lowest BCUT2D eigenvalue weighted by molar-refractivity contribution is -0.138. The van der Waals surface area contributed by atoms with Gasteiger partial charge in [0, 0.05) is 23.6 Å². The molecule has 2 heterocycles. The molecule has 174 valence electrons. The number of halogens is 3. The maximum atomic E-state index is 13.3. The molecule has 1 amide bonds. The lowest BCUT2D eigenvalue weighted by atomic mass is 10.0. The van der Waals surface area contributed by atoms with Crippen molar-refractivity contribution >= 4 is 22.6 Å². The van der Waals surface area contributed by atoms with Crippen molar-refractivity contribution in [2.75, 3.05) is 5.32 Å². The average Bonchev–Trinajstić information content (AvgIpc) is 3.30. The van der Waals surface area contributed by atoms with E-state index in [0.717, 1.165) is 57.6 Å². The number of hydrogen-bond donors (Lipinski definition) is 2. The molecule has 0 fully saturated rings. The Kier molecular flexibility index (Phi) is 5.56. The van der Waals surface area contributed by atoms with Crippen LogP contribution in [0.3, 0.4) is 0 Å². The summed E-state index contributed by atoms with van der Waals surface area (Å²) < 4.78 is 39.9. The highest BCUT2D eigenvalue weighted by atomic mass is 19.4. The molecule has 5 rings (SSSR count). The van der Waals surface area contributed by atoms with Gasteiger partial charge in [0.1, 0.15) is 5.82 Å². The Bertz CT molecular complexity index is 1560. The summed E-state index contributed by atoms with van der Waals surface area (Å²) in [6.45, 7) is 2.01. The summed E-state index contributed by atoms with van der Waals surface area (Å²) in [4.78, 5) is 24.4. The Hall–Kier alpha value is -4.46. The number of imidazole rings is 1. The molecule has 0 aliphatic heterocycles. The van der Waals surface area contributed by atoms with Gasteiger partial charge in [-0.1, -0.05) is 42.5 Å². The predicted octanol–water partition coefficient (Wildman–Crippen LogP) is 6.87. The maximum Gasteiger partial charge on any atom is 0.417 e. The Morgan fingerprint density at radius 3 is 2.40 bits per heavy atom. The average molecular weight is 472 g/mol. The van der Waals surface area contributed by atoms with Crippen molar-refractivity contribution < 1.29 is 18.0 Å². The van der Waals surface area contributed by atoms with Crippen molar-refractivity contribution in [2.45, 2.75) is 13.1 Å². The van der Waals surface area contributed by atoms with Gasteiger partial charge in [0.05, 0.1) is 22.2 Å². The number of pyridine rings is 1. The molecule has 0 saturated heterocycles. The summed E-state index contributed by atoms with van der Waals surface area (Å²) in [5, 5.41) is 2.55. The van der Waals surface area contributed by atoms with E-state index in [1.807, 2.05) is 55.5 Å². The highest BCUT2D eigenvalue weighted by Crippen LogP contribution is 2.32. The number of H-pyrrole nitrogens is 1. The summed E-state index contributed by atoms with van der Waals surface area (Å²) >= 11 is 0. The summed E-state index contributed by atoms with van der Waals surface area (Å²) in [6, 6.07) is 21.4. The molecule has 0 spiro atoms. The fourth-order valence-electron chi connectivity index (χ4n) is 3.96. The van der Waals surface area contributed by atoms with E-state index in [2.05, 4.69) is 15.3 Å². The number of alkyl halides is 3. The highest BCUT2D eigenvalue weighted by molar-refractivity contribution is 6.05. The third-order valence-electron chi connectivity index (χ3n) is 5.68. The van der Waals surface area contributed by atoms with E-state index < -0.39 is 23.2 Å². The molecule has 8 heteroatoms. The number of anilines is 1. The lowest BCUT2D eigenvalue weighted by Crippen LogP contribution is -2.19. The van der Waals surface area contributed by atoms with Gasteiger partial charge in [0.25, 0.3) is 5.91 Å². The molecule has 0 aliphatic rings. The first-order valence-electron chi connectivity index (χ1n) is 10.8. The van der Waals surface area contributed by atoms with Gasteiger partial charge in [0.2, 0.25) is 0 Å². The van der Waals surface area contributed by atoms with Crippen molar-refractivity contribution in [1.82, 2.24) is 15.0 Å². The number of fused-ring (bicyclic) bond motifs is 1. The molecule has 0 radical (unpaired) electrons. The fourth-order valence-corrected chi connectivity index (χ4v) is 3.96. The van der Waals surface area contributed by atoms with E-state index in [0.29, 0.717) is 5.69 Å². The first-order valence-corrected chi connectivity index (χ1v) is 10.8. The molecular weight excluding hydrogens is 453 g/mol. The SMILES string of the molecule is Cc1cccc2[nH]c(-c3cccc(-c4cccc(NC(=O)c5cnccc5C(F)(F)F)c4)c3)nc12. The number of aryl methyl sites for hydroxylation is 1. The van der Waals surface area contributed by atoms with Crippen LogP contribution < -0.4 is 5.32 Å². The van der Waals surface area contributed by atoms with Gasteiger partial charge >= 0.3 is 6.18 Å².